The standard InChI is InChI=1S/C15H20BrF2NO/c1-2-6-20-12-4-3-5-19(10-12)15-13(17)7-11(9-16)8-14(15)18/h7-8,12H,2-6,9-10H2,1H3. The Kier molecular flexibility index (Phi) is 5.78. The van der Waals surface area contributed by atoms with Gasteiger partial charge in [-0.3, -0.25) is 0 Å². The fourth-order valence-electron chi connectivity index (χ4n) is 2.56. The number of alkyl halides is 1. The number of rotatable bonds is 5. The Hall–Kier alpha value is -0.680. The van der Waals surface area contributed by atoms with Gasteiger partial charge in [-0.15, -0.1) is 0 Å². The molecule has 5 heteroatoms. The molecule has 0 saturated carbocycles. The van der Waals surface area contributed by atoms with Crippen LogP contribution in [0.4, 0.5) is 14.5 Å². The Bertz CT molecular complexity index is 432. The van der Waals surface area contributed by atoms with Gasteiger partial charge in [0.1, 0.15) is 17.3 Å². The first-order chi connectivity index (χ1) is 9.65. The Morgan fingerprint density at radius 2 is 2.05 bits per heavy atom. The summed E-state index contributed by atoms with van der Waals surface area (Å²) in [6, 6.07) is 2.79. The maximum absolute atomic E-state index is 14.1. The second-order valence-electron chi connectivity index (χ2n) is 5.12. The van der Waals surface area contributed by atoms with Gasteiger partial charge in [-0.05, 0) is 37.0 Å². The zero-order valence-corrected chi connectivity index (χ0v) is 13.3. The van der Waals surface area contributed by atoms with Crippen molar-refractivity contribution in [2.24, 2.45) is 0 Å². The smallest absolute Gasteiger partial charge is 0.149 e. The molecule has 1 aliphatic rings. The molecule has 0 N–H and O–H groups in total. The molecular formula is C15H20BrF2NO. The maximum atomic E-state index is 14.1. The van der Waals surface area contributed by atoms with E-state index in [1.807, 2.05) is 0 Å². The van der Waals surface area contributed by atoms with Crippen LogP contribution in [0, 0.1) is 11.6 Å². The minimum absolute atomic E-state index is 0.0679. The summed E-state index contributed by atoms with van der Waals surface area (Å²) >= 11 is 3.22. The summed E-state index contributed by atoms with van der Waals surface area (Å²) in [6.45, 7) is 3.99. The summed E-state index contributed by atoms with van der Waals surface area (Å²) in [4.78, 5) is 1.77. The largest absolute Gasteiger partial charge is 0.376 e. The van der Waals surface area contributed by atoms with E-state index in [0.717, 1.165) is 19.3 Å². The summed E-state index contributed by atoms with van der Waals surface area (Å²) in [5, 5.41) is 0.448. The third kappa shape index (κ3) is 3.70. The molecule has 0 aliphatic carbocycles. The number of piperidine rings is 1. The molecule has 0 aromatic heterocycles. The number of ether oxygens (including phenoxy) is 1. The molecular weight excluding hydrogens is 328 g/mol. The highest BCUT2D eigenvalue weighted by atomic mass is 79.9. The lowest BCUT2D eigenvalue weighted by atomic mass is 10.1. The number of benzene rings is 1. The van der Waals surface area contributed by atoms with Gasteiger partial charge in [0.25, 0.3) is 0 Å². The van der Waals surface area contributed by atoms with Crippen LogP contribution in [0.2, 0.25) is 0 Å². The summed E-state index contributed by atoms with van der Waals surface area (Å²) in [5.74, 6) is -0.980. The molecule has 2 rings (SSSR count). The third-order valence-corrected chi connectivity index (χ3v) is 4.13. The molecule has 20 heavy (non-hydrogen) atoms. The van der Waals surface area contributed by atoms with Gasteiger partial charge in [0, 0.05) is 25.0 Å². The van der Waals surface area contributed by atoms with Crippen LogP contribution in [0.1, 0.15) is 31.7 Å². The van der Waals surface area contributed by atoms with Crippen molar-refractivity contribution in [3.63, 3.8) is 0 Å². The van der Waals surface area contributed by atoms with Crippen molar-refractivity contribution in [3.05, 3.63) is 29.3 Å². The van der Waals surface area contributed by atoms with Gasteiger partial charge >= 0.3 is 0 Å². The number of anilines is 1. The van der Waals surface area contributed by atoms with Gasteiger partial charge in [-0.2, -0.15) is 0 Å². The van der Waals surface area contributed by atoms with E-state index < -0.39 is 11.6 Å². The van der Waals surface area contributed by atoms with Crippen LogP contribution in [-0.4, -0.2) is 25.8 Å². The number of hydrogen-bond acceptors (Lipinski definition) is 2. The molecule has 1 saturated heterocycles. The molecule has 1 aliphatic heterocycles. The second kappa shape index (κ2) is 7.36. The quantitative estimate of drug-likeness (QED) is 0.738. The minimum Gasteiger partial charge on any atom is -0.376 e. The van der Waals surface area contributed by atoms with Crippen molar-refractivity contribution in [1.29, 1.82) is 0 Å². The molecule has 0 radical (unpaired) electrons. The van der Waals surface area contributed by atoms with Crippen LogP contribution in [0.3, 0.4) is 0 Å². The van der Waals surface area contributed by atoms with Gasteiger partial charge in [0.05, 0.1) is 6.10 Å². The number of nitrogens with zero attached hydrogens (tertiary/aromatic N) is 1. The van der Waals surface area contributed by atoms with E-state index in [1.165, 1.54) is 12.1 Å². The van der Waals surface area contributed by atoms with Crippen LogP contribution in [0.5, 0.6) is 0 Å². The SMILES string of the molecule is CCCOC1CCCN(c2c(F)cc(CBr)cc2F)C1. The Balaban J connectivity index is 2.14. The topological polar surface area (TPSA) is 12.5 Å². The van der Waals surface area contributed by atoms with Gasteiger partial charge in [0.15, 0.2) is 0 Å². The zero-order chi connectivity index (χ0) is 14.5. The molecule has 1 unspecified atom stereocenters. The molecule has 1 aromatic carbocycles. The van der Waals surface area contributed by atoms with E-state index in [9.17, 15) is 8.78 Å². The molecule has 1 heterocycles. The van der Waals surface area contributed by atoms with Crippen LogP contribution in [0.15, 0.2) is 12.1 Å². The summed E-state index contributed by atoms with van der Waals surface area (Å²) in [7, 11) is 0. The maximum Gasteiger partial charge on any atom is 0.149 e. The predicted octanol–water partition coefficient (Wildman–Crippen LogP) is 4.26. The normalized spacial score (nSPS) is 19.4. The molecule has 112 valence electrons. The lowest BCUT2D eigenvalue weighted by Gasteiger charge is -2.34. The molecule has 0 spiro atoms. The summed E-state index contributed by atoms with van der Waals surface area (Å²) in [5.41, 5.74) is 0.694. The molecule has 0 bridgehead atoms. The molecule has 1 fully saturated rings. The molecule has 0 amide bonds. The van der Waals surface area contributed by atoms with Crippen molar-refractivity contribution < 1.29 is 13.5 Å². The number of hydrogen-bond donors (Lipinski definition) is 0. The van der Waals surface area contributed by atoms with Gasteiger partial charge in [-0.1, -0.05) is 22.9 Å². The van der Waals surface area contributed by atoms with Crippen molar-refractivity contribution in [1.82, 2.24) is 0 Å². The Morgan fingerprint density at radius 3 is 2.65 bits per heavy atom. The van der Waals surface area contributed by atoms with Gasteiger partial charge in [0.2, 0.25) is 0 Å². The zero-order valence-electron chi connectivity index (χ0n) is 11.7. The second-order valence-corrected chi connectivity index (χ2v) is 5.68. The minimum atomic E-state index is -0.490. The lowest BCUT2D eigenvalue weighted by Crippen LogP contribution is -2.40. The first-order valence-electron chi connectivity index (χ1n) is 7.06. The third-order valence-electron chi connectivity index (χ3n) is 3.48. The average Bonchev–Trinajstić information content (AvgIpc) is 2.44. The van der Waals surface area contributed by atoms with E-state index >= 15 is 0 Å². The Labute approximate surface area is 127 Å². The van der Waals surface area contributed by atoms with E-state index in [1.54, 1.807) is 4.90 Å². The van der Waals surface area contributed by atoms with Crippen LogP contribution >= 0.6 is 15.9 Å². The van der Waals surface area contributed by atoms with E-state index in [4.69, 9.17) is 4.74 Å². The van der Waals surface area contributed by atoms with Crippen LogP contribution in [0.25, 0.3) is 0 Å². The molecule has 1 aromatic rings. The number of halogens is 3. The highest BCUT2D eigenvalue weighted by Gasteiger charge is 2.25. The van der Waals surface area contributed by atoms with Crippen molar-refractivity contribution in [2.45, 2.75) is 37.6 Å². The lowest BCUT2D eigenvalue weighted by molar-refractivity contribution is 0.0438. The van der Waals surface area contributed by atoms with Crippen LogP contribution < -0.4 is 4.90 Å². The van der Waals surface area contributed by atoms with Crippen LogP contribution in [-0.2, 0) is 10.1 Å². The fraction of sp³-hybridized carbons (Fsp3) is 0.600. The first kappa shape index (κ1) is 15.7. The van der Waals surface area contributed by atoms with Gasteiger partial charge in [-0.25, -0.2) is 8.78 Å². The highest BCUT2D eigenvalue weighted by Crippen LogP contribution is 2.29. The first-order valence-corrected chi connectivity index (χ1v) is 8.18. The van der Waals surface area contributed by atoms with E-state index in [2.05, 4.69) is 22.9 Å². The van der Waals surface area contributed by atoms with Crippen molar-refractivity contribution in [3.8, 4) is 0 Å². The molecule has 1 atom stereocenters. The average molecular weight is 348 g/mol. The fourth-order valence-corrected chi connectivity index (χ4v) is 2.88. The van der Waals surface area contributed by atoms with Crippen molar-refractivity contribution in [2.75, 3.05) is 24.6 Å². The van der Waals surface area contributed by atoms with Gasteiger partial charge < -0.3 is 9.64 Å². The highest BCUT2D eigenvalue weighted by molar-refractivity contribution is 9.08. The van der Waals surface area contributed by atoms with Crippen molar-refractivity contribution >= 4 is 21.6 Å². The molecule has 2 nitrogen and oxygen atoms in total. The van der Waals surface area contributed by atoms with E-state index in [-0.39, 0.29) is 11.8 Å². The predicted molar refractivity (Wildman–Crippen MR) is 80.5 cm³/mol. The van der Waals surface area contributed by atoms with E-state index in [0.29, 0.717) is 30.6 Å². The Morgan fingerprint density at radius 1 is 1.35 bits per heavy atom. The summed E-state index contributed by atoms with van der Waals surface area (Å²) in [6.07, 6.45) is 2.88. The summed E-state index contributed by atoms with van der Waals surface area (Å²) < 4.78 is 34.0. The monoisotopic (exact) mass is 347 g/mol.